The van der Waals surface area contributed by atoms with Gasteiger partial charge in [-0.15, -0.1) is 0 Å². The number of hydrogen-bond donors (Lipinski definition) is 1. The molecule has 2 aromatic carbocycles. The standard InChI is InChI=1S/C32H38N6O4S/c1-4-42-27-19-22(31(39)38-17-15-37(16-18-38)23-11-13-35(2)14-12-23)9-10-25(27)34-30-20-29-26(21-33-30)36(3)32(40)24-7-5-6-8-28(24)43(29)41/h5-10,19-21,23H,4,11-18H2,1-3H3,(H,33,34). The average molecular weight is 603 g/mol. The first kappa shape index (κ1) is 29.3. The van der Waals surface area contributed by atoms with Gasteiger partial charge in [-0.3, -0.25) is 14.5 Å². The quantitative estimate of drug-likeness (QED) is 0.455. The van der Waals surface area contributed by atoms with Crippen molar-refractivity contribution in [3.05, 3.63) is 65.9 Å². The Morgan fingerprint density at radius 3 is 2.49 bits per heavy atom. The molecular formula is C32H38N6O4S. The molecule has 2 fully saturated rings. The zero-order valence-corrected chi connectivity index (χ0v) is 25.7. The Morgan fingerprint density at radius 2 is 1.74 bits per heavy atom. The number of rotatable bonds is 6. The summed E-state index contributed by atoms with van der Waals surface area (Å²) in [6, 6.07) is 14.7. The van der Waals surface area contributed by atoms with E-state index in [1.807, 2.05) is 17.9 Å². The summed E-state index contributed by atoms with van der Waals surface area (Å²) in [4.78, 5) is 40.3. The first-order valence-corrected chi connectivity index (χ1v) is 16.0. The lowest BCUT2D eigenvalue weighted by molar-refractivity contribution is 0.0475. The number of aromatic nitrogens is 1. The van der Waals surface area contributed by atoms with Crippen molar-refractivity contribution in [3.63, 3.8) is 0 Å². The summed E-state index contributed by atoms with van der Waals surface area (Å²) in [7, 11) is 2.26. The fourth-order valence-corrected chi connectivity index (χ4v) is 7.51. The van der Waals surface area contributed by atoms with E-state index in [2.05, 4.69) is 27.1 Å². The molecule has 3 aromatic rings. The number of carbonyl (C=O) groups excluding carboxylic acids is 2. The molecule has 2 saturated heterocycles. The molecule has 11 heteroatoms. The fourth-order valence-electron chi connectivity index (χ4n) is 6.12. The number of ether oxygens (including phenoxy) is 1. The Morgan fingerprint density at radius 1 is 1.00 bits per heavy atom. The molecule has 10 nitrogen and oxygen atoms in total. The Balaban J connectivity index is 1.19. The number of nitrogens with zero attached hydrogens (tertiary/aromatic N) is 5. The maximum atomic E-state index is 13.6. The second-order valence-corrected chi connectivity index (χ2v) is 12.7. The van der Waals surface area contributed by atoms with Crippen molar-refractivity contribution in [2.45, 2.75) is 35.6 Å². The Hall–Kier alpha value is -3.80. The van der Waals surface area contributed by atoms with Gasteiger partial charge in [-0.25, -0.2) is 9.19 Å². The Bertz CT molecular complexity index is 1550. The number of benzene rings is 2. The monoisotopic (exact) mass is 602 g/mol. The molecule has 0 saturated carbocycles. The molecule has 0 bridgehead atoms. The predicted molar refractivity (Wildman–Crippen MR) is 167 cm³/mol. The molecule has 2 amide bonds. The van der Waals surface area contributed by atoms with Crippen molar-refractivity contribution < 1.29 is 18.5 Å². The third kappa shape index (κ3) is 5.89. The van der Waals surface area contributed by atoms with E-state index in [0.29, 0.717) is 69.6 Å². The maximum absolute atomic E-state index is 13.6. The molecular weight excluding hydrogens is 564 g/mol. The molecule has 43 heavy (non-hydrogen) atoms. The normalized spacial score (nSPS) is 19.9. The van der Waals surface area contributed by atoms with Crippen LogP contribution in [-0.4, -0.2) is 102 Å². The Labute approximate surface area is 255 Å². The van der Waals surface area contributed by atoms with Crippen molar-refractivity contribution in [2.24, 2.45) is 0 Å². The van der Waals surface area contributed by atoms with Crippen LogP contribution in [0, 0.1) is 0 Å². The van der Waals surface area contributed by atoms with Gasteiger partial charge in [0, 0.05) is 44.8 Å². The number of piperazine rings is 1. The molecule has 1 aromatic heterocycles. The number of anilines is 3. The summed E-state index contributed by atoms with van der Waals surface area (Å²) in [5.74, 6) is 0.763. The van der Waals surface area contributed by atoms with E-state index >= 15 is 0 Å². The number of piperidine rings is 1. The summed E-state index contributed by atoms with van der Waals surface area (Å²) in [6.45, 7) is 7.81. The van der Waals surface area contributed by atoms with Gasteiger partial charge in [0.05, 0.1) is 50.3 Å². The van der Waals surface area contributed by atoms with Crippen LogP contribution in [0.3, 0.4) is 0 Å². The molecule has 226 valence electrons. The van der Waals surface area contributed by atoms with Crippen LogP contribution >= 0.6 is 0 Å². The van der Waals surface area contributed by atoms with Crippen molar-refractivity contribution in [1.82, 2.24) is 19.7 Å². The number of carbonyl (C=O) groups is 2. The minimum atomic E-state index is -1.57. The van der Waals surface area contributed by atoms with E-state index in [9.17, 15) is 13.8 Å². The van der Waals surface area contributed by atoms with Gasteiger partial charge >= 0.3 is 0 Å². The van der Waals surface area contributed by atoms with E-state index in [4.69, 9.17) is 4.74 Å². The predicted octanol–water partition coefficient (Wildman–Crippen LogP) is 3.83. The molecule has 1 unspecified atom stereocenters. The summed E-state index contributed by atoms with van der Waals surface area (Å²) in [5, 5.41) is 3.28. The molecule has 0 spiro atoms. The molecule has 3 aliphatic rings. The topological polar surface area (TPSA) is 98.3 Å². The highest BCUT2D eigenvalue weighted by molar-refractivity contribution is 7.85. The van der Waals surface area contributed by atoms with Crippen LogP contribution in [0.2, 0.25) is 0 Å². The molecule has 3 aliphatic heterocycles. The summed E-state index contributed by atoms with van der Waals surface area (Å²) in [5.41, 5.74) is 2.12. The number of hydrogen-bond acceptors (Lipinski definition) is 8. The van der Waals surface area contributed by atoms with Crippen LogP contribution in [0.4, 0.5) is 17.2 Å². The number of amides is 2. The van der Waals surface area contributed by atoms with Crippen LogP contribution in [0.1, 0.15) is 40.5 Å². The van der Waals surface area contributed by atoms with Crippen LogP contribution in [-0.2, 0) is 10.8 Å². The van der Waals surface area contributed by atoms with Crippen LogP contribution < -0.4 is 15.0 Å². The van der Waals surface area contributed by atoms with Gasteiger partial charge in [-0.2, -0.15) is 0 Å². The van der Waals surface area contributed by atoms with Crippen molar-refractivity contribution in [3.8, 4) is 5.75 Å². The molecule has 0 radical (unpaired) electrons. The second kappa shape index (κ2) is 12.4. The first-order valence-electron chi connectivity index (χ1n) is 14.9. The zero-order chi connectivity index (χ0) is 30.1. The highest BCUT2D eigenvalue weighted by Crippen LogP contribution is 2.36. The molecule has 0 aliphatic carbocycles. The molecule has 6 rings (SSSR count). The second-order valence-electron chi connectivity index (χ2n) is 11.3. The maximum Gasteiger partial charge on any atom is 0.259 e. The third-order valence-electron chi connectivity index (χ3n) is 8.63. The Kier molecular flexibility index (Phi) is 8.47. The first-order chi connectivity index (χ1) is 20.8. The smallest absolute Gasteiger partial charge is 0.259 e. The van der Waals surface area contributed by atoms with Crippen LogP contribution in [0.25, 0.3) is 0 Å². The van der Waals surface area contributed by atoms with Gasteiger partial charge in [0.2, 0.25) is 0 Å². The van der Waals surface area contributed by atoms with E-state index in [-0.39, 0.29) is 11.8 Å². The van der Waals surface area contributed by atoms with Gasteiger partial charge in [0.25, 0.3) is 11.8 Å². The van der Waals surface area contributed by atoms with E-state index in [1.165, 1.54) is 17.7 Å². The van der Waals surface area contributed by atoms with Crippen molar-refractivity contribution in [1.29, 1.82) is 0 Å². The van der Waals surface area contributed by atoms with E-state index in [1.54, 1.807) is 55.7 Å². The lowest BCUT2D eigenvalue weighted by Gasteiger charge is -2.42. The van der Waals surface area contributed by atoms with Crippen LogP contribution in [0.15, 0.2) is 64.5 Å². The fraction of sp³-hybridized carbons (Fsp3) is 0.406. The highest BCUT2D eigenvalue weighted by Gasteiger charge is 2.30. The van der Waals surface area contributed by atoms with Gasteiger partial charge < -0.3 is 24.8 Å². The molecule has 1 atom stereocenters. The molecule has 4 heterocycles. The number of pyridine rings is 1. The number of nitrogens with one attached hydrogen (secondary N) is 1. The third-order valence-corrected chi connectivity index (χ3v) is 10.1. The summed E-state index contributed by atoms with van der Waals surface area (Å²) < 4.78 is 19.5. The van der Waals surface area contributed by atoms with E-state index < -0.39 is 10.8 Å². The van der Waals surface area contributed by atoms with Gasteiger partial charge in [-0.05, 0) is 76.3 Å². The lowest BCUT2D eigenvalue weighted by Crippen LogP contribution is -2.54. The lowest BCUT2D eigenvalue weighted by atomic mass is 10.0. The van der Waals surface area contributed by atoms with Gasteiger partial charge in [-0.1, -0.05) is 12.1 Å². The summed E-state index contributed by atoms with van der Waals surface area (Å²) >= 11 is 0. The highest BCUT2D eigenvalue weighted by atomic mass is 32.2. The zero-order valence-electron chi connectivity index (χ0n) is 24.9. The minimum Gasteiger partial charge on any atom is -0.492 e. The van der Waals surface area contributed by atoms with Crippen molar-refractivity contribution >= 4 is 39.8 Å². The van der Waals surface area contributed by atoms with Crippen molar-refractivity contribution in [2.75, 3.05) is 70.2 Å². The SMILES string of the molecule is CCOc1cc(C(=O)N2CCN(C3CCN(C)CC3)CC2)ccc1Nc1cc2c(cn1)N(C)C(=O)c1ccccc1S2=O. The average Bonchev–Trinajstić information content (AvgIpc) is 3.11. The van der Waals surface area contributed by atoms with Gasteiger partial charge in [0.15, 0.2) is 0 Å². The van der Waals surface area contributed by atoms with Crippen LogP contribution in [0.5, 0.6) is 5.75 Å². The largest absolute Gasteiger partial charge is 0.492 e. The summed E-state index contributed by atoms with van der Waals surface area (Å²) in [6.07, 6.45) is 3.93. The molecule has 1 N–H and O–H groups in total. The minimum absolute atomic E-state index is 0.000419. The number of fused-ring (bicyclic) bond motifs is 2. The number of likely N-dealkylation sites (tertiary alicyclic amines) is 1. The van der Waals surface area contributed by atoms with Gasteiger partial charge in [0.1, 0.15) is 11.6 Å². The van der Waals surface area contributed by atoms with E-state index in [0.717, 1.165) is 26.2 Å².